The maximum atomic E-state index is 13.5. The Balaban J connectivity index is 0.000000615. The quantitative estimate of drug-likeness (QED) is 0.217. The molecular weight excluding hydrogens is 542 g/mol. The summed E-state index contributed by atoms with van der Waals surface area (Å²) in [6.07, 6.45) is 8.17. The highest BCUT2D eigenvalue weighted by molar-refractivity contribution is 7.20. The van der Waals surface area contributed by atoms with Crippen LogP contribution in [0.2, 0.25) is 0 Å². The van der Waals surface area contributed by atoms with Crippen LogP contribution in [0.15, 0.2) is 36.2 Å². The van der Waals surface area contributed by atoms with Gasteiger partial charge in [0.25, 0.3) is 11.5 Å². The van der Waals surface area contributed by atoms with Crippen LogP contribution in [0.1, 0.15) is 88.0 Å². The Morgan fingerprint density at radius 3 is 2.17 bits per heavy atom. The number of nitrogens with zero attached hydrogens (tertiary/aromatic N) is 4. The van der Waals surface area contributed by atoms with Gasteiger partial charge in [-0.1, -0.05) is 66.9 Å². The van der Waals surface area contributed by atoms with Crippen molar-refractivity contribution in [3.8, 4) is 0 Å². The molecule has 1 saturated heterocycles. The summed E-state index contributed by atoms with van der Waals surface area (Å²) in [4.78, 5) is 34.7. The van der Waals surface area contributed by atoms with E-state index >= 15 is 0 Å². The predicted octanol–water partition coefficient (Wildman–Crippen LogP) is 7.62. The Bertz CT molecular complexity index is 1570. The lowest BCUT2D eigenvalue weighted by Gasteiger charge is -2.24. The monoisotopic (exact) mass is 591 g/mol. The summed E-state index contributed by atoms with van der Waals surface area (Å²) in [5.74, 6) is 1.62. The zero-order chi connectivity index (χ0) is 31.0. The average Bonchev–Trinajstić information content (AvgIpc) is 3.74. The predicted molar refractivity (Wildman–Crippen MR) is 182 cm³/mol. The second-order valence-electron chi connectivity index (χ2n) is 11.4. The molecule has 4 heterocycles. The molecule has 1 aliphatic rings. The second kappa shape index (κ2) is 15.3. The van der Waals surface area contributed by atoms with Gasteiger partial charge in [-0.2, -0.15) is 0 Å². The fraction of sp³-hybridized carbons (Fsp3) is 0.500. The van der Waals surface area contributed by atoms with Crippen LogP contribution in [0.5, 0.6) is 0 Å². The fourth-order valence-corrected chi connectivity index (χ4v) is 6.04. The Hall–Kier alpha value is -3.23. The SMILES string of the molecule is C1CCNC1.C=Cc1sc2c(=O)n3c4ccc(C(=O)N(CCC(C)C)CCC(C)C)cc4n(C)c3nc2c1C=C.CC. The van der Waals surface area contributed by atoms with Crippen molar-refractivity contribution in [2.75, 3.05) is 26.2 Å². The number of fused-ring (bicyclic) bond motifs is 4. The lowest BCUT2D eigenvalue weighted by atomic mass is 10.1. The van der Waals surface area contributed by atoms with Gasteiger partial charge in [-0.3, -0.25) is 9.59 Å². The smallest absolute Gasteiger partial charge is 0.277 e. The van der Waals surface area contributed by atoms with Crippen molar-refractivity contribution >= 4 is 56.4 Å². The molecule has 1 N–H and O–H groups in total. The number of imidazole rings is 1. The number of benzene rings is 1. The van der Waals surface area contributed by atoms with Gasteiger partial charge in [-0.15, -0.1) is 11.3 Å². The molecule has 42 heavy (non-hydrogen) atoms. The van der Waals surface area contributed by atoms with E-state index in [0.717, 1.165) is 47.4 Å². The molecule has 1 fully saturated rings. The van der Waals surface area contributed by atoms with E-state index in [0.29, 0.717) is 33.4 Å². The number of carbonyl (C=O) groups excluding carboxylic acids is 1. The molecule has 0 atom stereocenters. The number of hydrogen-bond donors (Lipinski definition) is 1. The summed E-state index contributed by atoms with van der Waals surface area (Å²) in [5.41, 5.74) is 3.52. The molecule has 8 heteroatoms. The van der Waals surface area contributed by atoms with E-state index in [9.17, 15) is 9.59 Å². The molecule has 0 aliphatic carbocycles. The van der Waals surface area contributed by atoms with E-state index in [1.165, 1.54) is 37.3 Å². The zero-order valence-corrected chi connectivity index (χ0v) is 27.4. The van der Waals surface area contributed by atoms with Crippen LogP contribution >= 0.6 is 11.3 Å². The van der Waals surface area contributed by atoms with Gasteiger partial charge in [0.15, 0.2) is 0 Å². The number of aryl methyl sites for hydroxylation is 1. The van der Waals surface area contributed by atoms with Crippen LogP contribution in [0, 0.1) is 11.8 Å². The largest absolute Gasteiger partial charge is 0.339 e. The van der Waals surface area contributed by atoms with Gasteiger partial charge in [0, 0.05) is 36.1 Å². The Morgan fingerprint density at radius 2 is 1.67 bits per heavy atom. The first-order chi connectivity index (χ1) is 20.2. The molecule has 0 unspecified atom stereocenters. The van der Waals surface area contributed by atoms with Crippen LogP contribution in [0.25, 0.3) is 39.2 Å². The summed E-state index contributed by atoms with van der Waals surface area (Å²) < 4.78 is 4.10. The summed E-state index contributed by atoms with van der Waals surface area (Å²) in [6, 6.07) is 5.59. The van der Waals surface area contributed by atoms with Crippen molar-refractivity contribution < 1.29 is 4.79 Å². The molecule has 5 rings (SSSR count). The molecular formula is C34H49N5O2S. The molecule has 7 nitrogen and oxygen atoms in total. The van der Waals surface area contributed by atoms with Gasteiger partial charge in [0.1, 0.15) is 4.70 Å². The molecule has 0 saturated carbocycles. The van der Waals surface area contributed by atoms with Crippen molar-refractivity contribution in [1.29, 1.82) is 0 Å². The second-order valence-corrected chi connectivity index (χ2v) is 12.4. The highest BCUT2D eigenvalue weighted by atomic mass is 32.1. The van der Waals surface area contributed by atoms with Crippen LogP contribution in [-0.4, -0.2) is 50.9 Å². The minimum Gasteiger partial charge on any atom is -0.339 e. The van der Waals surface area contributed by atoms with E-state index in [-0.39, 0.29) is 11.5 Å². The highest BCUT2D eigenvalue weighted by Gasteiger charge is 2.21. The van der Waals surface area contributed by atoms with Gasteiger partial charge >= 0.3 is 0 Å². The van der Waals surface area contributed by atoms with Gasteiger partial charge in [-0.25, -0.2) is 9.38 Å². The third-order valence-electron chi connectivity index (χ3n) is 7.47. The van der Waals surface area contributed by atoms with Crippen molar-refractivity contribution in [3.63, 3.8) is 0 Å². The van der Waals surface area contributed by atoms with Crippen molar-refractivity contribution in [1.82, 2.24) is 24.2 Å². The topological polar surface area (TPSA) is 71.6 Å². The minimum atomic E-state index is -0.119. The number of aromatic nitrogens is 3. The van der Waals surface area contributed by atoms with Crippen LogP contribution in [-0.2, 0) is 7.05 Å². The number of carbonyl (C=O) groups is 1. The van der Waals surface area contributed by atoms with E-state index in [4.69, 9.17) is 4.98 Å². The summed E-state index contributed by atoms with van der Waals surface area (Å²) in [7, 11) is 1.88. The fourth-order valence-electron chi connectivity index (χ4n) is 5.01. The van der Waals surface area contributed by atoms with Crippen molar-refractivity contribution in [2.24, 2.45) is 18.9 Å². The molecule has 0 radical (unpaired) electrons. The summed E-state index contributed by atoms with van der Waals surface area (Å²) in [5, 5.41) is 3.22. The first kappa shape index (κ1) is 33.3. The highest BCUT2D eigenvalue weighted by Crippen LogP contribution is 2.31. The maximum absolute atomic E-state index is 13.5. The van der Waals surface area contributed by atoms with E-state index in [1.807, 2.05) is 48.6 Å². The first-order valence-corrected chi connectivity index (χ1v) is 16.2. The van der Waals surface area contributed by atoms with Gasteiger partial charge in [-0.05, 0) is 68.8 Å². The molecule has 228 valence electrons. The van der Waals surface area contributed by atoms with E-state index in [2.05, 4.69) is 46.2 Å². The lowest BCUT2D eigenvalue weighted by molar-refractivity contribution is 0.0741. The Kier molecular flexibility index (Phi) is 12.1. The molecule has 1 amide bonds. The Morgan fingerprint density at radius 1 is 1.05 bits per heavy atom. The van der Waals surface area contributed by atoms with Gasteiger partial charge in [0.05, 0.1) is 16.6 Å². The maximum Gasteiger partial charge on any atom is 0.277 e. The average molecular weight is 592 g/mol. The van der Waals surface area contributed by atoms with E-state index < -0.39 is 0 Å². The minimum absolute atomic E-state index is 0.0318. The third-order valence-corrected chi connectivity index (χ3v) is 8.65. The molecule has 1 aliphatic heterocycles. The number of thiophene rings is 1. The molecule has 3 aromatic heterocycles. The normalized spacial score (nSPS) is 12.9. The summed E-state index contributed by atoms with van der Waals surface area (Å²) in [6.45, 7) is 24.5. The summed E-state index contributed by atoms with van der Waals surface area (Å²) >= 11 is 1.38. The lowest BCUT2D eigenvalue weighted by Crippen LogP contribution is -2.34. The first-order valence-electron chi connectivity index (χ1n) is 15.4. The molecule has 1 aromatic carbocycles. The Labute approximate surface area is 254 Å². The van der Waals surface area contributed by atoms with E-state index in [1.54, 1.807) is 16.6 Å². The van der Waals surface area contributed by atoms with Crippen LogP contribution in [0.3, 0.4) is 0 Å². The van der Waals surface area contributed by atoms with Gasteiger partial charge in [0.2, 0.25) is 5.78 Å². The van der Waals surface area contributed by atoms with Gasteiger partial charge < -0.3 is 14.8 Å². The number of nitrogens with one attached hydrogen (secondary N) is 1. The van der Waals surface area contributed by atoms with Crippen molar-refractivity contribution in [2.45, 2.75) is 67.2 Å². The molecule has 4 aromatic rings. The van der Waals surface area contributed by atoms with Crippen LogP contribution < -0.4 is 10.9 Å². The number of amides is 1. The standard InChI is InChI=1S/C28H34N4O2S.C4H9N.C2H6/c1-8-20-23(9-2)35-25-24(20)29-28-30(7)22-16-19(10-11-21(22)32(28)27(25)34)26(33)31(14-12-17(3)4)15-13-18(5)6;1-2-4-5-3-1;1-2/h8-11,16-18H,1-2,12-15H2,3-7H3;5H,1-4H2;1-2H3. The third kappa shape index (κ3) is 7.21. The zero-order valence-electron chi connectivity index (χ0n) is 26.6. The number of hydrogen-bond acceptors (Lipinski definition) is 5. The molecule has 0 spiro atoms. The van der Waals surface area contributed by atoms with Crippen molar-refractivity contribution in [3.05, 3.63) is 57.7 Å². The molecule has 0 bridgehead atoms. The number of rotatable bonds is 9. The van der Waals surface area contributed by atoms with Crippen LogP contribution in [0.4, 0.5) is 0 Å².